The molecule has 0 unspecified atom stereocenters. The fourth-order valence-corrected chi connectivity index (χ4v) is 4.67. The molecule has 2 aliphatic rings. The molecule has 4 amide bonds. The summed E-state index contributed by atoms with van der Waals surface area (Å²) in [6.07, 6.45) is -1.46. The van der Waals surface area contributed by atoms with Gasteiger partial charge in [0.2, 0.25) is 11.8 Å². The Bertz CT molecular complexity index is 1170. The van der Waals surface area contributed by atoms with Crippen LogP contribution in [-0.2, 0) is 27.5 Å². The number of amides is 4. The number of carboxylic acid groups (broad SMARTS) is 1. The van der Waals surface area contributed by atoms with E-state index in [1.54, 1.807) is 19.2 Å². The van der Waals surface area contributed by atoms with Crippen LogP contribution in [0.4, 0.5) is 9.18 Å². The lowest BCUT2D eigenvalue weighted by molar-refractivity contribution is -0.189. The molecule has 2 aromatic rings. The van der Waals surface area contributed by atoms with E-state index in [2.05, 4.69) is 5.32 Å². The standard InChI is InChI=1S/C25H28FN5O5/c1-16-5-3-4-6-18(16)13-29-14-21-30(20(24(29)35)11-23(33)34)22(32)15-28(2)31(21)25(36)27-12-17-7-9-19(26)10-8-17/h3-10,20-21H,11-15H2,1-2H3,(H,27,36)(H,33,34)/t20-,21-/m0/s1. The molecule has 0 bridgehead atoms. The molecule has 2 aromatic carbocycles. The van der Waals surface area contributed by atoms with Crippen molar-refractivity contribution in [2.45, 2.75) is 38.6 Å². The van der Waals surface area contributed by atoms with E-state index in [4.69, 9.17) is 0 Å². The van der Waals surface area contributed by atoms with Gasteiger partial charge >= 0.3 is 12.0 Å². The summed E-state index contributed by atoms with van der Waals surface area (Å²) in [5.74, 6) is -2.51. The highest BCUT2D eigenvalue weighted by Crippen LogP contribution is 2.28. The molecule has 0 radical (unpaired) electrons. The van der Waals surface area contributed by atoms with Gasteiger partial charge in [0.15, 0.2) is 0 Å². The molecule has 2 fully saturated rings. The zero-order valence-corrected chi connectivity index (χ0v) is 20.1. The van der Waals surface area contributed by atoms with Crippen LogP contribution in [0.3, 0.4) is 0 Å². The van der Waals surface area contributed by atoms with Gasteiger partial charge < -0.3 is 20.2 Å². The van der Waals surface area contributed by atoms with Crippen molar-refractivity contribution in [3.8, 4) is 0 Å². The third-order valence-electron chi connectivity index (χ3n) is 6.50. The Labute approximate surface area is 207 Å². The highest BCUT2D eigenvalue weighted by Gasteiger charge is 2.51. The predicted molar refractivity (Wildman–Crippen MR) is 126 cm³/mol. The van der Waals surface area contributed by atoms with Crippen LogP contribution in [0.2, 0.25) is 0 Å². The largest absolute Gasteiger partial charge is 0.481 e. The van der Waals surface area contributed by atoms with Crippen LogP contribution in [0.25, 0.3) is 0 Å². The number of urea groups is 1. The summed E-state index contributed by atoms with van der Waals surface area (Å²) in [5.41, 5.74) is 2.53. The van der Waals surface area contributed by atoms with Crippen LogP contribution < -0.4 is 5.32 Å². The lowest BCUT2D eigenvalue weighted by Gasteiger charge is -2.54. The Morgan fingerprint density at radius 2 is 1.81 bits per heavy atom. The van der Waals surface area contributed by atoms with Gasteiger partial charge in [0.1, 0.15) is 18.0 Å². The Kier molecular flexibility index (Phi) is 7.20. The normalized spacial score (nSPS) is 20.4. The number of halogens is 1. The minimum Gasteiger partial charge on any atom is -0.481 e. The minimum absolute atomic E-state index is 0.0172. The fourth-order valence-electron chi connectivity index (χ4n) is 4.67. The van der Waals surface area contributed by atoms with E-state index in [1.807, 2.05) is 31.2 Å². The summed E-state index contributed by atoms with van der Waals surface area (Å²) in [6, 6.07) is 11.5. The van der Waals surface area contributed by atoms with Gasteiger partial charge in [-0.15, -0.1) is 0 Å². The monoisotopic (exact) mass is 497 g/mol. The molecule has 2 aliphatic heterocycles. The van der Waals surface area contributed by atoms with Crippen LogP contribution in [0.15, 0.2) is 48.5 Å². The summed E-state index contributed by atoms with van der Waals surface area (Å²) in [4.78, 5) is 54.0. The average Bonchev–Trinajstić information content (AvgIpc) is 2.82. The second-order valence-corrected chi connectivity index (χ2v) is 8.99. The van der Waals surface area contributed by atoms with E-state index in [9.17, 15) is 28.7 Å². The molecule has 36 heavy (non-hydrogen) atoms. The predicted octanol–water partition coefficient (Wildman–Crippen LogP) is 1.55. The number of carboxylic acids is 1. The number of carbonyl (C=O) groups excluding carboxylic acids is 3. The van der Waals surface area contributed by atoms with Crippen molar-refractivity contribution in [1.82, 2.24) is 25.1 Å². The van der Waals surface area contributed by atoms with E-state index >= 15 is 0 Å². The van der Waals surface area contributed by atoms with Crippen molar-refractivity contribution in [3.05, 3.63) is 71.0 Å². The zero-order chi connectivity index (χ0) is 26.0. The van der Waals surface area contributed by atoms with Gasteiger partial charge in [-0.05, 0) is 35.7 Å². The third kappa shape index (κ3) is 5.15. The molecule has 0 aliphatic carbocycles. The number of likely N-dealkylation sites (N-methyl/N-ethyl adjacent to an activating group) is 1. The molecular weight excluding hydrogens is 469 g/mol. The van der Waals surface area contributed by atoms with Gasteiger partial charge in [0.25, 0.3) is 0 Å². The van der Waals surface area contributed by atoms with Crippen LogP contribution in [0.1, 0.15) is 23.1 Å². The number of aliphatic carboxylic acids is 1. The first-order valence-corrected chi connectivity index (χ1v) is 11.5. The van der Waals surface area contributed by atoms with E-state index < -0.39 is 42.4 Å². The van der Waals surface area contributed by atoms with E-state index in [0.717, 1.165) is 11.1 Å². The number of piperazine rings is 1. The maximum absolute atomic E-state index is 13.4. The van der Waals surface area contributed by atoms with Crippen molar-refractivity contribution in [2.75, 3.05) is 20.1 Å². The Morgan fingerprint density at radius 3 is 2.47 bits per heavy atom. The summed E-state index contributed by atoms with van der Waals surface area (Å²) >= 11 is 0. The molecule has 11 heteroatoms. The molecular formula is C25H28FN5O5. The SMILES string of the molecule is Cc1ccccc1CN1C[C@H]2N(C(=O)CN(C)N2C(=O)NCc2ccc(F)cc2)[C@@H](CC(=O)O)C1=O. The molecule has 0 spiro atoms. The second-order valence-electron chi connectivity index (χ2n) is 8.99. The molecule has 0 aromatic heterocycles. The average molecular weight is 498 g/mol. The Hall–Kier alpha value is -3.99. The number of carbonyl (C=O) groups is 4. The first kappa shape index (κ1) is 25.1. The number of hydrogen-bond acceptors (Lipinski definition) is 5. The minimum atomic E-state index is -1.24. The smallest absolute Gasteiger partial charge is 0.334 e. The fraction of sp³-hybridized carbons (Fsp3) is 0.360. The lowest BCUT2D eigenvalue weighted by atomic mass is 10.0. The van der Waals surface area contributed by atoms with Gasteiger partial charge in [-0.1, -0.05) is 36.4 Å². The van der Waals surface area contributed by atoms with E-state index in [0.29, 0.717) is 5.56 Å². The molecule has 2 atom stereocenters. The van der Waals surface area contributed by atoms with Crippen molar-refractivity contribution in [2.24, 2.45) is 0 Å². The second kappa shape index (κ2) is 10.3. The Balaban J connectivity index is 1.62. The highest BCUT2D eigenvalue weighted by molar-refractivity contribution is 5.93. The summed E-state index contributed by atoms with van der Waals surface area (Å²) in [6.45, 7) is 2.08. The zero-order valence-electron chi connectivity index (χ0n) is 20.1. The quantitative estimate of drug-likeness (QED) is 0.626. The maximum atomic E-state index is 13.4. The van der Waals surface area contributed by atoms with Gasteiger partial charge in [-0.25, -0.2) is 19.2 Å². The number of nitrogens with zero attached hydrogens (tertiary/aromatic N) is 4. The number of benzene rings is 2. The topological polar surface area (TPSA) is 114 Å². The Morgan fingerprint density at radius 1 is 1.11 bits per heavy atom. The van der Waals surface area contributed by atoms with Crippen molar-refractivity contribution in [1.29, 1.82) is 0 Å². The molecule has 2 heterocycles. The lowest BCUT2D eigenvalue weighted by Crippen LogP contribution is -2.76. The van der Waals surface area contributed by atoms with Gasteiger partial charge in [-0.3, -0.25) is 14.4 Å². The molecule has 4 rings (SSSR count). The number of rotatable bonds is 6. The van der Waals surface area contributed by atoms with Gasteiger partial charge in [-0.2, -0.15) is 0 Å². The summed E-state index contributed by atoms with van der Waals surface area (Å²) in [7, 11) is 1.58. The number of aryl methyl sites for hydroxylation is 1. The van der Waals surface area contributed by atoms with Crippen molar-refractivity contribution in [3.63, 3.8) is 0 Å². The number of hydrazine groups is 1. The molecule has 10 nitrogen and oxygen atoms in total. The van der Waals surface area contributed by atoms with Gasteiger partial charge in [0, 0.05) is 20.1 Å². The van der Waals surface area contributed by atoms with Crippen LogP contribution >= 0.6 is 0 Å². The molecule has 2 N–H and O–H groups in total. The van der Waals surface area contributed by atoms with Crippen LogP contribution in [0, 0.1) is 12.7 Å². The first-order chi connectivity index (χ1) is 17.2. The molecule has 2 saturated heterocycles. The third-order valence-corrected chi connectivity index (χ3v) is 6.50. The van der Waals surface area contributed by atoms with E-state index in [1.165, 1.54) is 32.0 Å². The number of hydrogen-bond donors (Lipinski definition) is 2. The molecule has 0 saturated carbocycles. The van der Waals surface area contributed by atoms with Crippen LogP contribution in [0.5, 0.6) is 0 Å². The number of nitrogens with one attached hydrogen (secondary N) is 1. The highest BCUT2D eigenvalue weighted by atomic mass is 19.1. The van der Waals surface area contributed by atoms with Crippen molar-refractivity contribution >= 4 is 23.8 Å². The summed E-state index contributed by atoms with van der Waals surface area (Å²) < 4.78 is 13.2. The van der Waals surface area contributed by atoms with Crippen molar-refractivity contribution < 1.29 is 28.7 Å². The maximum Gasteiger partial charge on any atom is 0.334 e. The van der Waals surface area contributed by atoms with E-state index in [-0.39, 0.29) is 32.0 Å². The molecule has 190 valence electrons. The van der Waals surface area contributed by atoms with Gasteiger partial charge in [0.05, 0.1) is 19.5 Å². The summed E-state index contributed by atoms with van der Waals surface area (Å²) in [5, 5.41) is 15.1. The van der Waals surface area contributed by atoms with Crippen LogP contribution in [-0.4, -0.2) is 81.1 Å². The first-order valence-electron chi connectivity index (χ1n) is 11.5. The number of fused-ring (bicyclic) bond motifs is 1.